The third kappa shape index (κ3) is 9.10. The van der Waals surface area contributed by atoms with E-state index in [-0.39, 0.29) is 0 Å². The molecule has 0 bridgehead atoms. The molecule has 0 amide bonds. The van der Waals surface area contributed by atoms with E-state index in [2.05, 4.69) is 46.2 Å². The van der Waals surface area contributed by atoms with Gasteiger partial charge in [0.1, 0.15) is 0 Å². The van der Waals surface area contributed by atoms with Crippen LogP contribution < -0.4 is 10.6 Å². The van der Waals surface area contributed by atoms with E-state index in [9.17, 15) is 0 Å². The van der Waals surface area contributed by atoms with Gasteiger partial charge in [0.15, 0.2) is 5.96 Å². The van der Waals surface area contributed by atoms with Crippen LogP contribution in [0.25, 0.3) is 0 Å². The number of piperidine rings is 1. The molecule has 2 fully saturated rings. The topological polar surface area (TPSA) is 52.1 Å². The second kappa shape index (κ2) is 13.4. The monoisotopic (exact) mass is 395 g/mol. The van der Waals surface area contributed by atoms with Crippen molar-refractivity contribution in [1.29, 1.82) is 0 Å². The molecular weight excluding hydrogens is 350 g/mol. The highest BCUT2D eigenvalue weighted by Gasteiger charge is 2.22. The van der Waals surface area contributed by atoms with E-state index in [1.54, 1.807) is 0 Å². The Kier molecular flexibility index (Phi) is 11.2. The number of guanidine groups is 1. The highest BCUT2D eigenvalue weighted by atomic mass is 16.5. The Morgan fingerprint density at radius 2 is 1.93 bits per heavy atom. The van der Waals surface area contributed by atoms with Crippen molar-refractivity contribution in [2.75, 3.05) is 66.1 Å². The Balaban J connectivity index is 1.63. The van der Waals surface area contributed by atoms with Gasteiger partial charge in [-0.05, 0) is 57.0 Å². The number of ether oxygens (including phenoxy) is 1. The molecule has 2 rings (SSSR count). The fourth-order valence-corrected chi connectivity index (χ4v) is 4.44. The molecule has 0 aromatic heterocycles. The molecule has 2 aliphatic rings. The molecule has 0 saturated carbocycles. The van der Waals surface area contributed by atoms with E-state index in [1.807, 2.05) is 7.05 Å². The number of rotatable bonds is 10. The quantitative estimate of drug-likeness (QED) is 0.338. The van der Waals surface area contributed by atoms with Gasteiger partial charge in [-0.15, -0.1) is 0 Å². The lowest BCUT2D eigenvalue weighted by Gasteiger charge is -2.35. The largest absolute Gasteiger partial charge is 0.379 e. The first-order valence-corrected chi connectivity index (χ1v) is 11.6. The maximum atomic E-state index is 5.53. The van der Waals surface area contributed by atoms with Crippen molar-refractivity contribution in [3.8, 4) is 0 Å². The molecule has 2 atom stereocenters. The molecular formula is C22H45N5O. The Morgan fingerprint density at radius 3 is 2.61 bits per heavy atom. The number of nitrogens with zero attached hydrogens (tertiary/aromatic N) is 3. The van der Waals surface area contributed by atoms with Gasteiger partial charge in [0, 0.05) is 45.8 Å². The molecule has 0 aromatic carbocycles. The Bertz CT molecular complexity index is 437. The molecule has 0 aromatic rings. The average molecular weight is 396 g/mol. The van der Waals surface area contributed by atoms with E-state index in [1.165, 1.54) is 51.7 Å². The van der Waals surface area contributed by atoms with Crippen molar-refractivity contribution < 1.29 is 4.74 Å². The summed E-state index contributed by atoms with van der Waals surface area (Å²) in [7, 11) is 1.87. The van der Waals surface area contributed by atoms with Crippen LogP contribution in [0.15, 0.2) is 4.99 Å². The summed E-state index contributed by atoms with van der Waals surface area (Å²) in [4.78, 5) is 9.63. The lowest BCUT2D eigenvalue weighted by atomic mass is 10.0. The molecule has 0 spiro atoms. The van der Waals surface area contributed by atoms with Gasteiger partial charge in [-0.2, -0.15) is 0 Å². The standard InChI is InChI=1S/C22H45N5O/c1-19(2)16-21(27-12-14-28-15-13-27)17-25-22(23-4)24-9-5-6-10-26-11-7-8-20(3)18-26/h19-21H,5-18H2,1-4H3,(H2,23,24,25). The van der Waals surface area contributed by atoms with Crippen LogP contribution in [-0.2, 0) is 4.74 Å². The third-order valence-electron chi connectivity index (χ3n) is 5.97. The van der Waals surface area contributed by atoms with Crippen molar-refractivity contribution >= 4 is 5.96 Å². The smallest absolute Gasteiger partial charge is 0.191 e. The summed E-state index contributed by atoms with van der Waals surface area (Å²) in [5.74, 6) is 2.51. The highest BCUT2D eigenvalue weighted by molar-refractivity contribution is 5.79. The average Bonchev–Trinajstić information content (AvgIpc) is 2.69. The summed E-state index contributed by atoms with van der Waals surface area (Å²) < 4.78 is 5.53. The van der Waals surface area contributed by atoms with E-state index < -0.39 is 0 Å². The minimum atomic E-state index is 0.545. The van der Waals surface area contributed by atoms with Crippen molar-refractivity contribution in [2.24, 2.45) is 16.8 Å². The number of morpholine rings is 1. The van der Waals surface area contributed by atoms with Gasteiger partial charge in [0.2, 0.25) is 0 Å². The van der Waals surface area contributed by atoms with Crippen LogP contribution in [-0.4, -0.2) is 87.9 Å². The van der Waals surface area contributed by atoms with Crippen LogP contribution in [0.2, 0.25) is 0 Å². The predicted molar refractivity (Wildman–Crippen MR) is 119 cm³/mol. The van der Waals surface area contributed by atoms with Crippen LogP contribution >= 0.6 is 0 Å². The van der Waals surface area contributed by atoms with Crippen molar-refractivity contribution in [3.63, 3.8) is 0 Å². The molecule has 2 saturated heterocycles. The Hall–Kier alpha value is -0.850. The second-order valence-corrected chi connectivity index (χ2v) is 9.07. The maximum Gasteiger partial charge on any atom is 0.191 e. The van der Waals surface area contributed by atoms with E-state index in [0.29, 0.717) is 12.0 Å². The van der Waals surface area contributed by atoms with Crippen molar-refractivity contribution in [2.45, 2.75) is 58.9 Å². The first-order valence-electron chi connectivity index (χ1n) is 11.6. The Labute approximate surface area is 173 Å². The SMILES string of the molecule is CN=C(NCCCCN1CCCC(C)C1)NCC(CC(C)C)N1CCOCC1. The van der Waals surface area contributed by atoms with Gasteiger partial charge in [-0.25, -0.2) is 0 Å². The van der Waals surface area contributed by atoms with Gasteiger partial charge >= 0.3 is 0 Å². The van der Waals surface area contributed by atoms with Crippen LogP contribution in [0.3, 0.4) is 0 Å². The zero-order valence-corrected chi connectivity index (χ0v) is 18.9. The van der Waals surface area contributed by atoms with E-state index in [4.69, 9.17) is 4.74 Å². The second-order valence-electron chi connectivity index (χ2n) is 9.07. The van der Waals surface area contributed by atoms with Crippen LogP contribution in [0.1, 0.15) is 52.9 Å². The first kappa shape index (κ1) is 23.4. The molecule has 2 unspecified atom stereocenters. The molecule has 6 nitrogen and oxygen atoms in total. The minimum Gasteiger partial charge on any atom is -0.379 e. The molecule has 0 radical (unpaired) electrons. The lowest BCUT2D eigenvalue weighted by molar-refractivity contribution is 0.0132. The van der Waals surface area contributed by atoms with Crippen LogP contribution in [0, 0.1) is 11.8 Å². The molecule has 2 aliphatic heterocycles. The predicted octanol–water partition coefficient (Wildman–Crippen LogP) is 2.41. The zero-order valence-electron chi connectivity index (χ0n) is 18.9. The number of likely N-dealkylation sites (tertiary alicyclic amines) is 1. The third-order valence-corrected chi connectivity index (χ3v) is 5.97. The summed E-state index contributed by atoms with van der Waals surface area (Å²) in [6, 6.07) is 0.545. The highest BCUT2D eigenvalue weighted by Crippen LogP contribution is 2.15. The van der Waals surface area contributed by atoms with Crippen molar-refractivity contribution in [3.05, 3.63) is 0 Å². The molecule has 6 heteroatoms. The fourth-order valence-electron chi connectivity index (χ4n) is 4.44. The minimum absolute atomic E-state index is 0.545. The lowest BCUT2D eigenvalue weighted by Crippen LogP contribution is -2.51. The van der Waals surface area contributed by atoms with Crippen LogP contribution in [0.5, 0.6) is 0 Å². The van der Waals surface area contributed by atoms with Gasteiger partial charge in [-0.1, -0.05) is 20.8 Å². The van der Waals surface area contributed by atoms with E-state index in [0.717, 1.165) is 51.3 Å². The van der Waals surface area contributed by atoms with Gasteiger partial charge < -0.3 is 20.3 Å². The number of nitrogens with one attached hydrogen (secondary N) is 2. The van der Waals surface area contributed by atoms with Gasteiger partial charge in [-0.3, -0.25) is 9.89 Å². The summed E-state index contributed by atoms with van der Waals surface area (Å²) in [6.45, 7) is 16.6. The summed E-state index contributed by atoms with van der Waals surface area (Å²) >= 11 is 0. The zero-order chi connectivity index (χ0) is 20.2. The molecule has 0 aliphatic carbocycles. The van der Waals surface area contributed by atoms with Gasteiger partial charge in [0.05, 0.1) is 13.2 Å². The number of hydrogen-bond acceptors (Lipinski definition) is 4. The van der Waals surface area contributed by atoms with Gasteiger partial charge in [0.25, 0.3) is 0 Å². The summed E-state index contributed by atoms with van der Waals surface area (Å²) in [5.41, 5.74) is 0. The maximum absolute atomic E-state index is 5.53. The van der Waals surface area contributed by atoms with Crippen LogP contribution in [0.4, 0.5) is 0 Å². The summed E-state index contributed by atoms with van der Waals surface area (Å²) in [5, 5.41) is 7.07. The first-order chi connectivity index (χ1) is 13.6. The fraction of sp³-hybridized carbons (Fsp3) is 0.955. The van der Waals surface area contributed by atoms with Crippen molar-refractivity contribution in [1.82, 2.24) is 20.4 Å². The molecule has 2 heterocycles. The molecule has 2 N–H and O–H groups in total. The number of aliphatic imine (C=N–C) groups is 1. The number of hydrogen-bond donors (Lipinski definition) is 2. The Morgan fingerprint density at radius 1 is 1.14 bits per heavy atom. The molecule has 164 valence electrons. The van der Waals surface area contributed by atoms with E-state index >= 15 is 0 Å². The molecule has 28 heavy (non-hydrogen) atoms. The summed E-state index contributed by atoms with van der Waals surface area (Å²) in [6.07, 6.45) is 6.45. The number of unbranched alkanes of at least 4 members (excludes halogenated alkanes) is 1. The normalized spacial score (nSPS) is 23.8.